The van der Waals surface area contributed by atoms with Crippen LogP contribution in [-0.4, -0.2) is 27.8 Å². The second kappa shape index (κ2) is 8.18. The van der Waals surface area contributed by atoms with Crippen molar-refractivity contribution >= 4 is 29.0 Å². The molecular weight excluding hydrogens is 292 g/mol. The highest BCUT2D eigenvalue weighted by Gasteiger charge is 2.13. The van der Waals surface area contributed by atoms with Gasteiger partial charge in [-0.2, -0.15) is 0 Å². The molecule has 2 heterocycles. The fourth-order valence-electron chi connectivity index (χ4n) is 2.00. The number of hydrogen-bond acceptors (Lipinski definition) is 5. The SMILES string of the molecule is O=C=C(CC(=C=O)c1ccccn1)CC(=C=O)c1ccccn1. The van der Waals surface area contributed by atoms with Crippen LogP contribution in [-0.2, 0) is 14.4 Å². The number of carbonyl (C=O) groups excluding carboxylic acids is 3. The van der Waals surface area contributed by atoms with E-state index in [2.05, 4.69) is 9.97 Å². The summed E-state index contributed by atoms with van der Waals surface area (Å²) in [6.07, 6.45) is 3.12. The van der Waals surface area contributed by atoms with Crippen molar-refractivity contribution in [2.24, 2.45) is 0 Å². The maximum atomic E-state index is 11.2. The minimum absolute atomic E-state index is 0.0159. The van der Waals surface area contributed by atoms with Crippen molar-refractivity contribution in [1.29, 1.82) is 0 Å². The van der Waals surface area contributed by atoms with Gasteiger partial charge in [0.25, 0.3) is 0 Å². The summed E-state index contributed by atoms with van der Waals surface area (Å²) in [6.45, 7) is 0. The summed E-state index contributed by atoms with van der Waals surface area (Å²) >= 11 is 0. The van der Waals surface area contributed by atoms with Crippen molar-refractivity contribution in [1.82, 2.24) is 9.97 Å². The highest BCUT2D eigenvalue weighted by Crippen LogP contribution is 2.24. The van der Waals surface area contributed by atoms with Crippen molar-refractivity contribution in [2.75, 3.05) is 0 Å². The zero-order chi connectivity index (χ0) is 16.5. The maximum Gasteiger partial charge on any atom is 0.130 e. The molecule has 0 unspecified atom stereocenters. The molecule has 112 valence electrons. The standard InChI is InChI=1S/C18H12N2O3/c21-11-14(9-15(12-22)17-5-1-3-7-19-17)10-16(13-23)18-6-2-4-8-20-18/h1-8H,9-10H2. The van der Waals surface area contributed by atoms with E-state index >= 15 is 0 Å². The van der Waals surface area contributed by atoms with Gasteiger partial charge in [0.05, 0.1) is 22.5 Å². The van der Waals surface area contributed by atoms with Gasteiger partial charge < -0.3 is 0 Å². The number of pyridine rings is 2. The van der Waals surface area contributed by atoms with Crippen molar-refractivity contribution < 1.29 is 14.4 Å². The second-order valence-corrected chi connectivity index (χ2v) is 4.65. The Bertz CT molecular complexity index is 760. The highest BCUT2D eigenvalue weighted by molar-refractivity contribution is 5.91. The van der Waals surface area contributed by atoms with E-state index in [1.807, 2.05) is 0 Å². The molecule has 0 aliphatic rings. The van der Waals surface area contributed by atoms with Gasteiger partial charge in [0.15, 0.2) is 0 Å². The fourth-order valence-corrected chi connectivity index (χ4v) is 2.00. The molecular formula is C18H12N2O3. The highest BCUT2D eigenvalue weighted by atomic mass is 16.1. The predicted octanol–water partition coefficient (Wildman–Crippen LogP) is 2.15. The average molecular weight is 304 g/mol. The van der Waals surface area contributed by atoms with Crippen LogP contribution in [0.2, 0.25) is 0 Å². The summed E-state index contributed by atoms with van der Waals surface area (Å²) < 4.78 is 0. The predicted molar refractivity (Wildman–Crippen MR) is 85.1 cm³/mol. The Morgan fingerprint density at radius 1 is 0.739 bits per heavy atom. The summed E-state index contributed by atoms with van der Waals surface area (Å²) in [7, 11) is 0. The van der Waals surface area contributed by atoms with Crippen molar-refractivity contribution in [2.45, 2.75) is 12.8 Å². The Balaban J connectivity index is 2.20. The number of hydrogen-bond donors (Lipinski definition) is 0. The Kier molecular flexibility index (Phi) is 5.70. The lowest BCUT2D eigenvalue weighted by molar-refractivity contribution is 0.566. The molecule has 0 saturated carbocycles. The smallest absolute Gasteiger partial charge is 0.130 e. The van der Waals surface area contributed by atoms with Crippen molar-refractivity contribution in [3.63, 3.8) is 0 Å². The summed E-state index contributed by atoms with van der Waals surface area (Å²) in [4.78, 5) is 41.6. The van der Waals surface area contributed by atoms with Crippen LogP contribution in [0.3, 0.4) is 0 Å². The first-order chi connectivity index (χ1) is 11.3. The van der Waals surface area contributed by atoms with Crippen LogP contribution in [0.5, 0.6) is 0 Å². The zero-order valence-electron chi connectivity index (χ0n) is 12.2. The van der Waals surface area contributed by atoms with E-state index in [-0.39, 0.29) is 29.6 Å². The number of rotatable bonds is 6. The van der Waals surface area contributed by atoms with E-state index in [0.29, 0.717) is 11.4 Å². The molecule has 0 fully saturated rings. The van der Waals surface area contributed by atoms with E-state index in [9.17, 15) is 14.4 Å². The third-order valence-electron chi connectivity index (χ3n) is 3.12. The van der Waals surface area contributed by atoms with E-state index in [0.717, 1.165) is 0 Å². The van der Waals surface area contributed by atoms with Crippen LogP contribution >= 0.6 is 0 Å². The van der Waals surface area contributed by atoms with Gasteiger partial charge in [-0.1, -0.05) is 12.1 Å². The summed E-state index contributed by atoms with van der Waals surface area (Å²) in [5.74, 6) is 5.37. The van der Waals surface area contributed by atoms with Crippen LogP contribution in [0, 0.1) is 0 Å². The molecule has 0 atom stereocenters. The molecule has 0 aliphatic carbocycles. The van der Waals surface area contributed by atoms with Gasteiger partial charge in [-0.05, 0) is 24.3 Å². The summed E-state index contributed by atoms with van der Waals surface area (Å²) in [6, 6.07) is 10.2. The van der Waals surface area contributed by atoms with E-state index in [1.54, 1.807) is 66.6 Å². The molecule has 0 aromatic carbocycles. The first-order valence-electron chi connectivity index (χ1n) is 6.82. The van der Waals surface area contributed by atoms with Gasteiger partial charge in [0.2, 0.25) is 0 Å². The molecule has 0 spiro atoms. The molecule has 0 radical (unpaired) electrons. The lowest BCUT2D eigenvalue weighted by atomic mass is 9.97. The lowest BCUT2D eigenvalue weighted by Crippen LogP contribution is -1.97. The summed E-state index contributed by atoms with van der Waals surface area (Å²) in [5, 5.41) is 0. The Morgan fingerprint density at radius 3 is 1.52 bits per heavy atom. The van der Waals surface area contributed by atoms with E-state index in [1.165, 1.54) is 0 Å². The third-order valence-corrected chi connectivity index (χ3v) is 3.12. The van der Waals surface area contributed by atoms with Crippen LogP contribution in [0.25, 0.3) is 11.1 Å². The van der Waals surface area contributed by atoms with Gasteiger partial charge in [0, 0.05) is 30.8 Å². The Labute approximate surface area is 132 Å². The number of allylic oxidation sites excluding steroid dienone is 3. The van der Waals surface area contributed by atoms with Gasteiger partial charge in [-0.3, -0.25) is 9.97 Å². The van der Waals surface area contributed by atoms with Crippen LogP contribution in [0.15, 0.2) is 54.4 Å². The fraction of sp³-hybridized carbons (Fsp3) is 0.111. The average Bonchev–Trinajstić information content (AvgIpc) is 2.63. The molecule has 23 heavy (non-hydrogen) atoms. The molecule has 0 amide bonds. The minimum atomic E-state index is 0.0159. The monoisotopic (exact) mass is 304 g/mol. The van der Waals surface area contributed by atoms with Gasteiger partial charge in [-0.15, -0.1) is 0 Å². The Morgan fingerprint density at radius 2 is 1.22 bits per heavy atom. The van der Waals surface area contributed by atoms with Crippen LogP contribution < -0.4 is 0 Å². The molecule has 0 N–H and O–H groups in total. The van der Waals surface area contributed by atoms with Crippen LogP contribution in [0.1, 0.15) is 24.2 Å². The van der Waals surface area contributed by atoms with E-state index < -0.39 is 0 Å². The topological polar surface area (TPSA) is 77.0 Å². The number of aromatic nitrogens is 2. The molecule has 2 aromatic rings. The molecule has 0 saturated heterocycles. The van der Waals surface area contributed by atoms with Gasteiger partial charge >= 0.3 is 0 Å². The molecule has 5 heteroatoms. The normalized spacial score (nSPS) is 9.22. The molecule has 0 aliphatic heterocycles. The number of nitrogens with zero attached hydrogens (tertiary/aromatic N) is 2. The lowest BCUT2D eigenvalue weighted by Gasteiger charge is -2.06. The molecule has 2 aromatic heterocycles. The van der Waals surface area contributed by atoms with Crippen molar-refractivity contribution in [3.8, 4) is 0 Å². The first-order valence-corrected chi connectivity index (χ1v) is 6.82. The third kappa shape index (κ3) is 4.31. The van der Waals surface area contributed by atoms with Gasteiger partial charge in [-0.25, -0.2) is 14.4 Å². The maximum absolute atomic E-state index is 11.2. The molecule has 0 bridgehead atoms. The van der Waals surface area contributed by atoms with Gasteiger partial charge in [0.1, 0.15) is 17.8 Å². The largest absolute Gasteiger partial charge is 0.256 e. The minimum Gasteiger partial charge on any atom is -0.256 e. The quantitative estimate of drug-likeness (QED) is 0.764. The summed E-state index contributed by atoms with van der Waals surface area (Å²) in [5.41, 5.74) is 1.57. The molecule has 5 nitrogen and oxygen atoms in total. The van der Waals surface area contributed by atoms with E-state index in [4.69, 9.17) is 0 Å². The van der Waals surface area contributed by atoms with Crippen LogP contribution in [0.4, 0.5) is 0 Å². The zero-order valence-corrected chi connectivity index (χ0v) is 12.2. The van der Waals surface area contributed by atoms with Crippen molar-refractivity contribution in [3.05, 3.63) is 65.8 Å². The second-order valence-electron chi connectivity index (χ2n) is 4.65. The first kappa shape index (κ1) is 16.0. The molecule has 2 rings (SSSR count). The Hall–Kier alpha value is -3.35.